The number of rotatable bonds is 7. The number of benzene rings is 1. The highest BCUT2D eigenvalue weighted by Gasteiger charge is 2.05. The van der Waals surface area contributed by atoms with Crippen LogP contribution in [0.2, 0.25) is 5.02 Å². The van der Waals surface area contributed by atoms with Crippen molar-refractivity contribution in [2.45, 2.75) is 25.8 Å². The van der Waals surface area contributed by atoms with Gasteiger partial charge in [-0.05, 0) is 31.5 Å². The van der Waals surface area contributed by atoms with Gasteiger partial charge in [-0.2, -0.15) is 0 Å². The summed E-state index contributed by atoms with van der Waals surface area (Å²) in [6.07, 6.45) is 1.96. The SMILES string of the molecule is NC(=O)CCCCNCc1c(F)cccc1Cl. The summed E-state index contributed by atoms with van der Waals surface area (Å²) in [4.78, 5) is 10.5. The Bertz CT molecular complexity index is 365. The summed E-state index contributed by atoms with van der Waals surface area (Å²) in [6, 6.07) is 4.62. The van der Waals surface area contributed by atoms with Crippen molar-refractivity contribution >= 4 is 17.5 Å². The molecule has 1 aromatic rings. The number of nitrogens with two attached hydrogens (primary N) is 1. The molecule has 0 heterocycles. The van der Waals surface area contributed by atoms with Gasteiger partial charge in [0.05, 0.1) is 0 Å². The highest BCUT2D eigenvalue weighted by Crippen LogP contribution is 2.18. The van der Waals surface area contributed by atoms with E-state index in [9.17, 15) is 9.18 Å². The van der Waals surface area contributed by atoms with E-state index in [0.717, 1.165) is 12.8 Å². The Morgan fingerprint density at radius 1 is 1.41 bits per heavy atom. The molecular formula is C12H16ClFN2O. The zero-order valence-corrected chi connectivity index (χ0v) is 10.3. The maximum atomic E-state index is 13.3. The second-order valence-electron chi connectivity index (χ2n) is 3.80. The van der Waals surface area contributed by atoms with E-state index in [1.807, 2.05) is 0 Å². The van der Waals surface area contributed by atoms with Crippen LogP contribution in [0, 0.1) is 5.82 Å². The summed E-state index contributed by atoms with van der Waals surface area (Å²) in [7, 11) is 0. The van der Waals surface area contributed by atoms with Crippen molar-refractivity contribution in [3.63, 3.8) is 0 Å². The lowest BCUT2D eigenvalue weighted by Crippen LogP contribution is -2.17. The van der Waals surface area contributed by atoms with E-state index < -0.39 is 0 Å². The highest BCUT2D eigenvalue weighted by atomic mass is 35.5. The molecule has 3 N–H and O–H groups in total. The Labute approximate surface area is 105 Å². The number of halogens is 2. The van der Waals surface area contributed by atoms with Crippen LogP contribution in [0.5, 0.6) is 0 Å². The first-order valence-electron chi connectivity index (χ1n) is 5.53. The van der Waals surface area contributed by atoms with Gasteiger partial charge in [0, 0.05) is 23.6 Å². The summed E-state index contributed by atoms with van der Waals surface area (Å²) in [5, 5.41) is 3.51. The average molecular weight is 259 g/mol. The van der Waals surface area contributed by atoms with Gasteiger partial charge in [-0.15, -0.1) is 0 Å². The van der Waals surface area contributed by atoms with Crippen LogP contribution in [0.4, 0.5) is 4.39 Å². The molecule has 94 valence electrons. The Morgan fingerprint density at radius 2 is 2.18 bits per heavy atom. The van der Waals surface area contributed by atoms with Gasteiger partial charge in [0.15, 0.2) is 0 Å². The van der Waals surface area contributed by atoms with Crippen molar-refractivity contribution in [2.75, 3.05) is 6.54 Å². The summed E-state index contributed by atoms with van der Waals surface area (Å²) in [5.74, 6) is -0.593. The van der Waals surface area contributed by atoms with Gasteiger partial charge in [-0.1, -0.05) is 17.7 Å². The van der Waals surface area contributed by atoms with Crippen LogP contribution in [0.15, 0.2) is 18.2 Å². The largest absolute Gasteiger partial charge is 0.370 e. The van der Waals surface area contributed by atoms with Gasteiger partial charge in [0.25, 0.3) is 0 Å². The van der Waals surface area contributed by atoms with Gasteiger partial charge in [0.2, 0.25) is 5.91 Å². The van der Waals surface area contributed by atoms with Gasteiger partial charge in [-0.25, -0.2) is 4.39 Å². The molecule has 17 heavy (non-hydrogen) atoms. The van der Waals surface area contributed by atoms with Crippen molar-refractivity contribution in [3.05, 3.63) is 34.6 Å². The standard InChI is InChI=1S/C12H16ClFN2O/c13-10-4-3-5-11(14)9(10)8-16-7-2-1-6-12(15)17/h3-5,16H,1-2,6-8H2,(H2,15,17). The first kappa shape index (κ1) is 13.9. The van der Waals surface area contributed by atoms with E-state index in [1.165, 1.54) is 6.07 Å². The third-order valence-corrected chi connectivity index (χ3v) is 2.74. The molecule has 0 fully saturated rings. The third-order valence-electron chi connectivity index (χ3n) is 2.39. The minimum absolute atomic E-state index is 0.290. The van der Waals surface area contributed by atoms with E-state index >= 15 is 0 Å². The Hall–Kier alpha value is -1.13. The van der Waals surface area contributed by atoms with Crippen LogP contribution in [0.3, 0.4) is 0 Å². The van der Waals surface area contributed by atoms with Crippen molar-refractivity contribution in [1.82, 2.24) is 5.32 Å². The maximum Gasteiger partial charge on any atom is 0.217 e. The summed E-state index contributed by atoms with van der Waals surface area (Å²) < 4.78 is 13.3. The molecule has 0 saturated carbocycles. The fraction of sp³-hybridized carbons (Fsp3) is 0.417. The van der Waals surface area contributed by atoms with Crippen LogP contribution in [-0.4, -0.2) is 12.5 Å². The van der Waals surface area contributed by atoms with Crippen molar-refractivity contribution in [3.8, 4) is 0 Å². The smallest absolute Gasteiger partial charge is 0.217 e. The molecule has 1 amide bonds. The molecule has 0 unspecified atom stereocenters. The molecule has 0 saturated heterocycles. The molecule has 0 bridgehead atoms. The molecule has 0 spiro atoms. The summed E-state index contributed by atoms with van der Waals surface area (Å²) in [6.45, 7) is 1.10. The molecule has 1 rings (SSSR count). The normalized spacial score (nSPS) is 10.5. The fourth-order valence-electron chi connectivity index (χ4n) is 1.46. The minimum Gasteiger partial charge on any atom is -0.370 e. The van der Waals surface area contributed by atoms with Crippen LogP contribution < -0.4 is 11.1 Å². The number of hydrogen-bond donors (Lipinski definition) is 2. The average Bonchev–Trinajstić information content (AvgIpc) is 2.26. The van der Waals surface area contributed by atoms with Crippen LogP contribution >= 0.6 is 11.6 Å². The predicted octanol–water partition coefficient (Wildman–Crippen LogP) is 2.22. The topological polar surface area (TPSA) is 55.1 Å². The van der Waals surface area contributed by atoms with Gasteiger partial charge < -0.3 is 11.1 Å². The fourth-order valence-corrected chi connectivity index (χ4v) is 1.69. The molecule has 5 heteroatoms. The van der Waals surface area contributed by atoms with E-state index in [1.54, 1.807) is 12.1 Å². The van der Waals surface area contributed by atoms with Crippen molar-refractivity contribution in [2.24, 2.45) is 5.73 Å². The van der Waals surface area contributed by atoms with Gasteiger partial charge in [0.1, 0.15) is 5.82 Å². The minimum atomic E-state index is -0.304. The Kier molecular flexibility index (Phi) is 5.94. The van der Waals surface area contributed by atoms with Crippen LogP contribution in [-0.2, 0) is 11.3 Å². The number of primary amides is 1. The second-order valence-corrected chi connectivity index (χ2v) is 4.21. The predicted molar refractivity (Wildman–Crippen MR) is 66.2 cm³/mol. The maximum absolute atomic E-state index is 13.3. The zero-order chi connectivity index (χ0) is 12.7. The molecule has 0 aliphatic rings. The van der Waals surface area contributed by atoms with E-state index in [2.05, 4.69) is 5.32 Å². The van der Waals surface area contributed by atoms with Gasteiger partial charge in [-0.3, -0.25) is 4.79 Å². The van der Waals surface area contributed by atoms with E-state index in [0.29, 0.717) is 30.1 Å². The third kappa shape index (κ3) is 5.15. The highest BCUT2D eigenvalue weighted by molar-refractivity contribution is 6.31. The first-order chi connectivity index (χ1) is 8.11. The number of carbonyl (C=O) groups excluding carboxylic acids is 1. The quantitative estimate of drug-likeness (QED) is 0.737. The lowest BCUT2D eigenvalue weighted by molar-refractivity contribution is -0.118. The Balaban J connectivity index is 2.24. The number of carbonyl (C=O) groups is 1. The molecule has 0 aliphatic heterocycles. The van der Waals surface area contributed by atoms with E-state index in [-0.39, 0.29) is 11.7 Å². The van der Waals surface area contributed by atoms with Gasteiger partial charge >= 0.3 is 0 Å². The lowest BCUT2D eigenvalue weighted by atomic mass is 10.2. The second kappa shape index (κ2) is 7.25. The van der Waals surface area contributed by atoms with E-state index in [4.69, 9.17) is 17.3 Å². The molecule has 0 aromatic heterocycles. The zero-order valence-electron chi connectivity index (χ0n) is 9.51. The molecule has 0 aliphatic carbocycles. The number of nitrogens with one attached hydrogen (secondary N) is 1. The number of hydrogen-bond acceptors (Lipinski definition) is 2. The molecular weight excluding hydrogens is 243 g/mol. The molecule has 3 nitrogen and oxygen atoms in total. The van der Waals surface area contributed by atoms with Crippen LogP contribution in [0.1, 0.15) is 24.8 Å². The number of unbranched alkanes of at least 4 members (excludes halogenated alkanes) is 1. The van der Waals surface area contributed by atoms with Crippen LogP contribution in [0.25, 0.3) is 0 Å². The van der Waals surface area contributed by atoms with Crippen molar-refractivity contribution < 1.29 is 9.18 Å². The molecule has 0 atom stereocenters. The molecule has 0 radical (unpaired) electrons. The Morgan fingerprint density at radius 3 is 2.82 bits per heavy atom. The van der Waals surface area contributed by atoms with Crippen molar-refractivity contribution in [1.29, 1.82) is 0 Å². The summed E-state index contributed by atoms with van der Waals surface area (Å²) in [5.41, 5.74) is 5.49. The summed E-state index contributed by atoms with van der Waals surface area (Å²) >= 11 is 5.87. The number of amides is 1. The monoisotopic (exact) mass is 258 g/mol. The first-order valence-corrected chi connectivity index (χ1v) is 5.91. The molecule has 1 aromatic carbocycles. The lowest BCUT2D eigenvalue weighted by Gasteiger charge is -2.07.